The lowest BCUT2D eigenvalue weighted by atomic mass is 10.0. The lowest BCUT2D eigenvalue weighted by molar-refractivity contribution is -0.142. The summed E-state index contributed by atoms with van der Waals surface area (Å²) >= 11 is 0. The molecule has 2 fully saturated rings. The highest BCUT2D eigenvalue weighted by Gasteiger charge is 2.72. The van der Waals surface area contributed by atoms with Crippen molar-refractivity contribution in [3.8, 4) is 0 Å². The van der Waals surface area contributed by atoms with E-state index in [9.17, 15) is 13.6 Å². The molecular formula is C7H8F2O2. The minimum absolute atomic E-state index is 0.174. The third-order valence-corrected chi connectivity index (χ3v) is 2.79. The molecule has 0 bridgehead atoms. The van der Waals surface area contributed by atoms with E-state index in [2.05, 4.69) is 0 Å². The topological polar surface area (TPSA) is 37.3 Å². The number of hydrogen-bond donors (Lipinski definition) is 1. The minimum atomic E-state index is -2.54. The maximum absolute atomic E-state index is 12.5. The molecule has 2 aliphatic carbocycles. The first-order valence-corrected chi connectivity index (χ1v) is 3.64. The smallest absolute Gasteiger partial charge is 0.306 e. The lowest BCUT2D eigenvalue weighted by Gasteiger charge is -2.07. The van der Waals surface area contributed by atoms with Crippen LogP contribution in [0.1, 0.15) is 12.8 Å². The van der Waals surface area contributed by atoms with Gasteiger partial charge >= 0.3 is 5.97 Å². The lowest BCUT2D eigenvalue weighted by Crippen LogP contribution is -2.15. The second-order valence-electron chi connectivity index (χ2n) is 3.39. The van der Waals surface area contributed by atoms with Crippen molar-refractivity contribution in [3.63, 3.8) is 0 Å². The molecule has 0 amide bonds. The molecule has 11 heavy (non-hydrogen) atoms. The van der Waals surface area contributed by atoms with Crippen LogP contribution in [0.2, 0.25) is 0 Å². The standard InChI is InChI=1S/C7H8F2O2/c8-7(9)4-1-3(6(10)11)2-5(4)7/h3-5H,1-2H2,(H,10,11)/t3-,4+,5?/m1/s1. The van der Waals surface area contributed by atoms with Gasteiger partial charge in [-0.1, -0.05) is 0 Å². The molecule has 0 spiro atoms. The molecule has 2 rings (SSSR count). The summed E-state index contributed by atoms with van der Waals surface area (Å²) in [6.07, 6.45) is 0.347. The van der Waals surface area contributed by atoms with E-state index >= 15 is 0 Å². The fourth-order valence-corrected chi connectivity index (χ4v) is 2.01. The first-order chi connectivity index (χ1) is 5.03. The van der Waals surface area contributed by atoms with Crippen LogP contribution >= 0.6 is 0 Å². The number of alkyl halides is 2. The maximum atomic E-state index is 12.5. The van der Waals surface area contributed by atoms with E-state index in [-0.39, 0.29) is 12.8 Å². The Morgan fingerprint density at radius 1 is 1.36 bits per heavy atom. The second-order valence-corrected chi connectivity index (χ2v) is 3.39. The Bertz CT molecular complexity index is 200. The van der Waals surface area contributed by atoms with Gasteiger partial charge in [-0.2, -0.15) is 0 Å². The summed E-state index contributed by atoms with van der Waals surface area (Å²) in [5.74, 6) is -5.21. The molecule has 3 atom stereocenters. The Hall–Kier alpha value is -0.670. The van der Waals surface area contributed by atoms with Gasteiger partial charge in [0.05, 0.1) is 5.92 Å². The molecule has 62 valence electrons. The first kappa shape index (κ1) is 7.00. The van der Waals surface area contributed by atoms with Crippen LogP contribution in [0.25, 0.3) is 0 Å². The van der Waals surface area contributed by atoms with Crippen molar-refractivity contribution in [1.29, 1.82) is 0 Å². The molecule has 1 N–H and O–H groups in total. The monoisotopic (exact) mass is 162 g/mol. The highest BCUT2D eigenvalue weighted by molar-refractivity contribution is 5.71. The SMILES string of the molecule is O=C(O)[C@H]1CC2[C@H](C1)C2(F)F. The molecule has 0 aromatic carbocycles. The molecule has 0 saturated heterocycles. The fourth-order valence-electron chi connectivity index (χ4n) is 2.01. The summed E-state index contributed by atoms with van der Waals surface area (Å²) in [6.45, 7) is 0. The first-order valence-electron chi connectivity index (χ1n) is 3.64. The van der Waals surface area contributed by atoms with Gasteiger partial charge in [-0.3, -0.25) is 4.79 Å². The van der Waals surface area contributed by atoms with Crippen molar-refractivity contribution < 1.29 is 18.7 Å². The van der Waals surface area contributed by atoms with Gasteiger partial charge in [-0.15, -0.1) is 0 Å². The number of carboxylic acid groups (broad SMARTS) is 1. The maximum Gasteiger partial charge on any atom is 0.306 e. The van der Waals surface area contributed by atoms with Crippen molar-refractivity contribution in [1.82, 2.24) is 0 Å². The largest absolute Gasteiger partial charge is 0.481 e. The predicted molar refractivity (Wildman–Crippen MR) is 32.3 cm³/mol. The van der Waals surface area contributed by atoms with Gasteiger partial charge < -0.3 is 5.11 Å². The summed E-state index contributed by atoms with van der Waals surface area (Å²) in [6, 6.07) is 0. The summed E-state index contributed by atoms with van der Waals surface area (Å²) in [5.41, 5.74) is 0. The number of carbonyl (C=O) groups is 1. The molecule has 0 aromatic heterocycles. The van der Waals surface area contributed by atoms with Crippen molar-refractivity contribution in [2.75, 3.05) is 0 Å². The van der Waals surface area contributed by atoms with Gasteiger partial charge in [0.15, 0.2) is 0 Å². The van der Waals surface area contributed by atoms with Crippen LogP contribution in [0.4, 0.5) is 8.78 Å². The van der Waals surface area contributed by atoms with Crippen molar-refractivity contribution in [3.05, 3.63) is 0 Å². The van der Waals surface area contributed by atoms with Gasteiger partial charge in [0.2, 0.25) is 0 Å². The van der Waals surface area contributed by atoms with Crippen LogP contribution in [0.15, 0.2) is 0 Å². The van der Waals surface area contributed by atoms with Crippen LogP contribution in [0, 0.1) is 17.8 Å². The highest BCUT2D eigenvalue weighted by Crippen LogP contribution is 2.65. The summed E-state index contributed by atoms with van der Waals surface area (Å²) < 4.78 is 25.0. The number of carboxylic acids is 1. The van der Waals surface area contributed by atoms with Crippen molar-refractivity contribution in [2.24, 2.45) is 17.8 Å². The van der Waals surface area contributed by atoms with Crippen molar-refractivity contribution in [2.45, 2.75) is 18.8 Å². The molecule has 0 aromatic rings. The normalized spacial score (nSPS) is 45.1. The van der Waals surface area contributed by atoms with E-state index in [1.54, 1.807) is 0 Å². The Morgan fingerprint density at radius 2 is 1.82 bits per heavy atom. The quantitative estimate of drug-likeness (QED) is 0.632. The van der Waals surface area contributed by atoms with Gasteiger partial charge in [0, 0.05) is 11.8 Å². The molecule has 2 aliphatic rings. The molecule has 2 saturated carbocycles. The third-order valence-electron chi connectivity index (χ3n) is 2.79. The second kappa shape index (κ2) is 1.73. The van der Waals surface area contributed by atoms with E-state index in [0.717, 1.165) is 0 Å². The zero-order valence-electron chi connectivity index (χ0n) is 5.76. The van der Waals surface area contributed by atoms with Crippen LogP contribution in [0.5, 0.6) is 0 Å². The average molecular weight is 162 g/mol. The van der Waals surface area contributed by atoms with Crippen LogP contribution in [-0.4, -0.2) is 17.0 Å². The minimum Gasteiger partial charge on any atom is -0.481 e. The Balaban J connectivity index is 2.00. The van der Waals surface area contributed by atoms with Crippen molar-refractivity contribution >= 4 is 5.97 Å². The Morgan fingerprint density at radius 3 is 2.18 bits per heavy atom. The van der Waals surface area contributed by atoms with Crippen LogP contribution in [0.3, 0.4) is 0 Å². The number of fused-ring (bicyclic) bond motifs is 1. The Labute approximate surface area is 62.2 Å². The zero-order chi connectivity index (χ0) is 8.22. The fraction of sp³-hybridized carbons (Fsp3) is 0.857. The van der Waals surface area contributed by atoms with Gasteiger partial charge in [-0.05, 0) is 12.8 Å². The number of halogens is 2. The predicted octanol–water partition coefficient (Wildman–Crippen LogP) is 1.36. The van der Waals surface area contributed by atoms with E-state index in [1.165, 1.54) is 0 Å². The zero-order valence-corrected chi connectivity index (χ0v) is 5.76. The molecule has 0 radical (unpaired) electrons. The summed E-state index contributed by atoms with van der Waals surface area (Å²) in [4.78, 5) is 10.3. The number of aliphatic carboxylic acids is 1. The van der Waals surface area contributed by atoms with E-state index in [4.69, 9.17) is 5.11 Å². The highest BCUT2D eigenvalue weighted by atomic mass is 19.3. The summed E-state index contributed by atoms with van der Waals surface area (Å²) in [7, 11) is 0. The molecule has 2 nitrogen and oxygen atoms in total. The van der Waals surface area contributed by atoms with Gasteiger partial charge in [0.1, 0.15) is 0 Å². The van der Waals surface area contributed by atoms with Gasteiger partial charge in [-0.25, -0.2) is 8.78 Å². The van der Waals surface area contributed by atoms with Gasteiger partial charge in [0.25, 0.3) is 5.92 Å². The van der Waals surface area contributed by atoms with E-state index < -0.39 is 29.6 Å². The average Bonchev–Trinajstić information content (AvgIpc) is 2.28. The van der Waals surface area contributed by atoms with E-state index in [1.807, 2.05) is 0 Å². The third kappa shape index (κ3) is 0.781. The number of hydrogen-bond acceptors (Lipinski definition) is 1. The van der Waals surface area contributed by atoms with Crippen LogP contribution in [-0.2, 0) is 4.79 Å². The molecule has 1 unspecified atom stereocenters. The van der Waals surface area contributed by atoms with E-state index in [0.29, 0.717) is 0 Å². The molecule has 4 heteroatoms. The molecule has 0 aliphatic heterocycles. The number of rotatable bonds is 1. The van der Waals surface area contributed by atoms with Crippen LogP contribution < -0.4 is 0 Å². The summed E-state index contributed by atoms with van der Waals surface area (Å²) in [5, 5.41) is 8.48. The molecule has 0 heterocycles. The Kier molecular flexibility index (Phi) is 1.10. The molecular weight excluding hydrogens is 154 g/mol.